The van der Waals surface area contributed by atoms with Crippen LogP contribution in [0.4, 0.5) is 0 Å². The quantitative estimate of drug-likeness (QED) is 0.759. The van der Waals surface area contributed by atoms with E-state index in [1.807, 2.05) is 24.1 Å². The van der Waals surface area contributed by atoms with Crippen LogP contribution in [0.5, 0.6) is 0 Å². The van der Waals surface area contributed by atoms with E-state index in [-0.39, 0.29) is 5.91 Å². The molecular weight excluding hydrogens is 302 g/mol. The molecule has 0 aromatic heterocycles. The minimum absolute atomic E-state index is 0.265. The zero-order valence-corrected chi connectivity index (χ0v) is 13.3. The molecule has 0 bridgehead atoms. The van der Waals surface area contributed by atoms with E-state index in [0.29, 0.717) is 17.2 Å². The van der Waals surface area contributed by atoms with Crippen molar-refractivity contribution >= 4 is 21.8 Å². The molecule has 2 rings (SSSR count). The van der Waals surface area contributed by atoms with Crippen molar-refractivity contribution in [1.82, 2.24) is 4.90 Å². The van der Waals surface area contributed by atoms with Gasteiger partial charge in [0.2, 0.25) is 5.91 Å². The van der Waals surface area contributed by atoms with Gasteiger partial charge in [-0.15, -0.1) is 0 Å². The molecule has 3 heteroatoms. The summed E-state index contributed by atoms with van der Waals surface area (Å²) in [5, 5.41) is 0. The molecule has 0 radical (unpaired) electrons. The van der Waals surface area contributed by atoms with Crippen LogP contribution >= 0.6 is 15.9 Å². The maximum Gasteiger partial charge on any atom is 0.222 e. The van der Waals surface area contributed by atoms with Gasteiger partial charge in [-0.25, -0.2) is 0 Å². The fourth-order valence-electron chi connectivity index (χ4n) is 2.62. The number of amides is 1. The highest BCUT2D eigenvalue weighted by Gasteiger charge is 2.28. The molecule has 1 amide bonds. The highest BCUT2D eigenvalue weighted by atomic mass is 79.9. The molecule has 1 fully saturated rings. The van der Waals surface area contributed by atoms with Crippen molar-refractivity contribution in [2.75, 3.05) is 13.6 Å². The van der Waals surface area contributed by atoms with E-state index in [4.69, 9.17) is 0 Å². The Balaban J connectivity index is 1.76. The summed E-state index contributed by atoms with van der Waals surface area (Å²) in [6, 6.07) is 8.30. The van der Waals surface area contributed by atoms with Gasteiger partial charge in [0.1, 0.15) is 0 Å². The molecule has 19 heavy (non-hydrogen) atoms. The lowest BCUT2D eigenvalue weighted by atomic mass is 9.85. The van der Waals surface area contributed by atoms with Crippen LogP contribution in [0.15, 0.2) is 24.3 Å². The van der Waals surface area contributed by atoms with Gasteiger partial charge in [-0.3, -0.25) is 4.79 Å². The Labute approximate surface area is 124 Å². The number of aryl methyl sites for hydroxylation is 2. The molecule has 1 aliphatic rings. The summed E-state index contributed by atoms with van der Waals surface area (Å²) in [5.41, 5.74) is 2.56. The molecule has 0 N–H and O–H groups in total. The standard InChI is InChI=1S/C16H22BrNO/c1-12-5-3-4-6-14(12)7-8-16(19)18(2)11-13-9-15(17)10-13/h3-6,13,15H,7-11H2,1-2H3. The van der Waals surface area contributed by atoms with Crippen LogP contribution in [0.25, 0.3) is 0 Å². The molecule has 0 aliphatic heterocycles. The summed E-state index contributed by atoms with van der Waals surface area (Å²) in [6.45, 7) is 3.02. The number of nitrogens with zero attached hydrogens (tertiary/aromatic N) is 1. The molecule has 104 valence electrons. The van der Waals surface area contributed by atoms with Crippen molar-refractivity contribution in [1.29, 1.82) is 0 Å². The second-order valence-corrected chi connectivity index (χ2v) is 6.93. The fourth-order valence-corrected chi connectivity index (χ4v) is 3.67. The van der Waals surface area contributed by atoms with E-state index in [0.717, 1.165) is 13.0 Å². The van der Waals surface area contributed by atoms with Crippen LogP contribution in [0, 0.1) is 12.8 Å². The first-order valence-electron chi connectivity index (χ1n) is 6.99. The van der Waals surface area contributed by atoms with E-state index in [9.17, 15) is 4.79 Å². The first-order chi connectivity index (χ1) is 9.06. The maximum atomic E-state index is 12.1. The van der Waals surface area contributed by atoms with Crippen LogP contribution < -0.4 is 0 Å². The van der Waals surface area contributed by atoms with Gasteiger partial charge >= 0.3 is 0 Å². The minimum Gasteiger partial charge on any atom is -0.345 e. The Bertz CT molecular complexity index is 440. The van der Waals surface area contributed by atoms with E-state index in [1.165, 1.54) is 24.0 Å². The molecular formula is C16H22BrNO. The van der Waals surface area contributed by atoms with Crippen LogP contribution in [0.1, 0.15) is 30.4 Å². The van der Waals surface area contributed by atoms with Gasteiger partial charge in [-0.05, 0) is 43.2 Å². The van der Waals surface area contributed by atoms with Crippen molar-refractivity contribution in [2.45, 2.75) is 37.4 Å². The molecule has 0 unspecified atom stereocenters. The molecule has 0 saturated heterocycles. The number of alkyl halides is 1. The van der Waals surface area contributed by atoms with E-state index in [1.54, 1.807) is 0 Å². The van der Waals surface area contributed by atoms with Crippen molar-refractivity contribution in [3.8, 4) is 0 Å². The van der Waals surface area contributed by atoms with Crippen LogP contribution in [0.3, 0.4) is 0 Å². The van der Waals surface area contributed by atoms with Gasteiger partial charge in [-0.1, -0.05) is 40.2 Å². The molecule has 1 saturated carbocycles. The third-order valence-electron chi connectivity index (χ3n) is 4.01. The molecule has 0 atom stereocenters. The maximum absolute atomic E-state index is 12.1. The summed E-state index contributed by atoms with van der Waals surface area (Å²) >= 11 is 3.59. The molecule has 0 heterocycles. The number of carbonyl (C=O) groups excluding carboxylic acids is 1. The highest BCUT2D eigenvalue weighted by molar-refractivity contribution is 9.09. The number of rotatable bonds is 5. The van der Waals surface area contributed by atoms with E-state index in [2.05, 4.69) is 35.0 Å². The average molecular weight is 324 g/mol. The second kappa shape index (κ2) is 6.56. The Morgan fingerprint density at radius 2 is 2.05 bits per heavy atom. The number of benzene rings is 1. The summed E-state index contributed by atoms with van der Waals surface area (Å²) < 4.78 is 0. The van der Waals surface area contributed by atoms with Crippen LogP contribution in [0.2, 0.25) is 0 Å². The summed E-state index contributed by atoms with van der Waals surface area (Å²) in [7, 11) is 1.93. The molecule has 1 aromatic carbocycles. The van der Waals surface area contributed by atoms with Gasteiger partial charge in [0.25, 0.3) is 0 Å². The van der Waals surface area contributed by atoms with E-state index >= 15 is 0 Å². The first kappa shape index (κ1) is 14.6. The van der Waals surface area contributed by atoms with Crippen molar-refractivity contribution in [3.05, 3.63) is 35.4 Å². The van der Waals surface area contributed by atoms with Crippen LogP contribution in [-0.4, -0.2) is 29.2 Å². The second-order valence-electron chi connectivity index (χ2n) is 5.64. The number of carbonyl (C=O) groups is 1. The van der Waals surface area contributed by atoms with Crippen molar-refractivity contribution in [2.24, 2.45) is 5.92 Å². The van der Waals surface area contributed by atoms with Gasteiger partial charge < -0.3 is 4.90 Å². The molecule has 0 spiro atoms. The Kier molecular flexibility index (Phi) is 5.03. The molecule has 1 aliphatic carbocycles. The normalized spacial score (nSPS) is 21.8. The zero-order chi connectivity index (χ0) is 13.8. The topological polar surface area (TPSA) is 20.3 Å². The van der Waals surface area contributed by atoms with Crippen LogP contribution in [-0.2, 0) is 11.2 Å². The Morgan fingerprint density at radius 1 is 1.37 bits per heavy atom. The zero-order valence-electron chi connectivity index (χ0n) is 11.7. The smallest absolute Gasteiger partial charge is 0.222 e. The lowest BCUT2D eigenvalue weighted by molar-refractivity contribution is -0.130. The van der Waals surface area contributed by atoms with Crippen molar-refractivity contribution in [3.63, 3.8) is 0 Å². The largest absolute Gasteiger partial charge is 0.345 e. The van der Waals surface area contributed by atoms with Gasteiger partial charge in [0.05, 0.1) is 0 Å². The summed E-state index contributed by atoms with van der Waals surface area (Å²) in [4.78, 5) is 14.7. The highest BCUT2D eigenvalue weighted by Crippen LogP contribution is 2.33. The molecule has 1 aromatic rings. The van der Waals surface area contributed by atoms with Crippen molar-refractivity contribution < 1.29 is 4.79 Å². The predicted molar refractivity (Wildman–Crippen MR) is 82.6 cm³/mol. The predicted octanol–water partition coefficient (Wildman–Crippen LogP) is 3.56. The van der Waals surface area contributed by atoms with E-state index < -0.39 is 0 Å². The summed E-state index contributed by atoms with van der Waals surface area (Å²) in [5.74, 6) is 0.957. The minimum atomic E-state index is 0.265. The Hall–Kier alpha value is -0.830. The monoisotopic (exact) mass is 323 g/mol. The number of hydrogen-bond acceptors (Lipinski definition) is 1. The average Bonchev–Trinajstić information content (AvgIpc) is 2.35. The first-order valence-corrected chi connectivity index (χ1v) is 7.90. The van der Waals surface area contributed by atoms with Gasteiger partial charge in [0.15, 0.2) is 0 Å². The lowest BCUT2D eigenvalue weighted by Crippen LogP contribution is -2.37. The Morgan fingerprint density at radius 3 is 2.68 bits per heavy atom. The summed E-state index contributed by atoms with van der Waals surface area (Å²) in [6.07, 6.45) is 3.87. The molecule has 2 nitrogen and oxygen atoms in total. The third-order valence-corrected chi connectivity index (χ3v) is 4.75. The number of hydrogen-bond donors (Lipinski definition) is 0. The van der Waals surface area contributed by atoms with Gasteiger partial charge in [-0.2, -0.15) is 0 Å². The SMILES string of the molecule is Cc1ccccc1CCC(=O)N(C)CC1CC(Br)C1. The van der Waals surface area contributed by atoms with Gasteiger partial charge in [0, 0.05) is 24.8 Å². The number of halogens is 1. The fraction of sp³-hybridized carbons (Fsp3) is 0.562. The lowest BCUT2D eigenvalue weighted by Gasteiger charge is -2.34. The third kappa shape index (κ3) is 4.07.